The number of carbonyl (C=O) groups excluding carboxylic acids is 1. The monoisotopic (exact) mass is 309 g/mol. The molecule has 1 amide bonds. The summed E-state index contributed by atoms with van der Waals surface area (Å²) in [7, 11) is 1.63. The minimum absolute atomic E-state index is 0.0703. The fraction of sp³-hybridized carbons (Fsp3) is 0.0909. The third-order valence-corrected chi connectivity index (χ3v) is 3.95. The molecule has 2 heterocycles. The molecule has 0 saturated heterocycles. The lowest BCUT2D eigenvalue weighted by Gasteiger charge is -1.99. The number of fused-ring (bicyclic) bond motifs is 3. The van der Waals surface area contributed by atoms with Gasteiger partial charge in [-0.15, -0.1) is 0 Å². The quantitative estimate of drug-likeness (QED) is 0.751. The van der Waals surface area contributed by atoms with Gasteiger partial charge >= 0.3 is 0 Å². The Bertz CT molecular complexity index is 731. The van der Waals surface area contributed by atoms with Gasteiger partial charge < -0.3 is 5.32 Å². The fourth-order valence-electron chi connectivity index (χ4n) is 1.76. The molecule has 1 N–H and O–H groups in total. The molecule has 0 spiro atoms. The molecule has 0 fully saturated rings. The molecule has 17 heavy (non-hydrogen) atoms. The number of hydrogen-bond acceptors (Lipinski definition) is 3. The minimum atomic E-state index is -0.0703. The van der Waals surface area contributed by atoms with Crippen molar-refractivity contribution in [2.45, 2.75) is 0 Å². The molecule has 0 unspecified atom stereocenters. The van der Waals surface area contributed by atoms with Gasteiger partial charge in [0.2, 0.25) is 0 Å². The predicted molar refractivity (Wildman–Crippen MR) is 71.7 cm³/mol. The van der Waals surface area contributed by atoms with Crippen LogP contribution in [0.1, 0.15) is 10.4 Å². The number of rotatable bonds is 1. The van der Waals surface area contributed by atoms with Gasteiger partial charge in [0, 0.05) is 18.8 Å². The zero-order chi connectivity index (χ0) is 12.0. The Morgan fingerprint density at radius 2 is 2.35 bits per heavy atom. The van der Waals surface area contributed by atoms with Crippen molar-refractivity contribution in [2.24, 2.45) is 0 Å². The lowest BCUT2D eigenvalue weighted by atomic mass is 10.2. The van der Waals surface area contributed by atoms with E-state index in [-0.39, 0.29) is 5.91 Å². The molecule has 3 aromatic rings. The summed E-state index contributed by atoms with van der Waals surface area (Å²) in [5.74, 6) is -0.0703. The summed E-state index contributed by atoms with van der Waals surface area (Å²) in [6, 6.07) is 5.65. The average Bonchev–Trinajstić information content (AvgIpc) is 2.82. The molecule has 0 aliphatic rings. The van der Waals surface area contributed by atoms with Crippen molar-refractivity contribution in [3.63, 3.8) is 0 Å². The standard InChI is InChI=1S/C11H8BrN3OS/c1-13-10(16)6-2-3-7-8(4-6)17-11-14-9(12)5-15(7)11/h2-5H,1H3,(H,13,16). The highest BCUT2D eigenvalue weighted by atomic mass is 79.9. The van der Waals surface area contributed by atoms with Crippen LogP contribution in [0.4, 0.5) is 0 Å². The van der Waals surface area contributed by atoms with Crippen molar-refractivity contribution in [2.75, 3.05) is 7.05 Å². The number of aromatic nitrogens is 2. The molecule has 86 valence electrons. The zero-order valence-electron chi connectivity index (χ0n) is 8.90. The van der Waals surface area contributed by atoms with E-state index in [1.807, 2.05) is 28.8 Å². The number of imidazole rings is 1. The summed E-state index contributed by atoms with van der Waals surface area (Å²) < 4.78 is 3.89. The van der Waals surface area contributed by atoms with Crippen LogP contribution < -0.4 is 5.32 Å². The Morgan fingerprint density at radius 3 is 3.12 bits per heavy atom. The molecule has 1 aromatic carbocycles. The SMILES string of the molecule is CNC(=O)c1ccc2c(c1)sc1nc(Br)cn12. The summed E-state index contributed by atoms with van der Waals surface area (Å²) in [5, 5.41) is 2.62. The third kappa shape index (κ3) is 1.64. The summed E-state index contributed by atoms with van der Waals surface area (Å²) in [6.45, 7) is 0. The topological polar surface area (TPSA) is 46.4 Å². The number of hydrogen-bond donors (Lipinski definition) is 1. The van der Waals surface area contributed by atoms with Gasteiger partial charge in [0.15, 0.2) is 4.96 Å². The zero-order valence-corrected chi connectivity index (χ0v) is 11.3. The molecular weight excluding hydrogens is 302 g/mol. The predicted octanol–water partition coefficient (Wildman–Crippen LogP) is 2.67. The fourth-order valence-corrected chi connectivity index (χ4v) is 3.30. The van der Waals surface area contributed by atoms with Crippen LogP contribution >= 0.6 is 27.3 Å². The van der Waals surface area contributed by atoms with E-state index in [1.165, 1.54) is 0 Å². The number of nitrogens with one attached hydrogen (secondary N) is 1. The van der Waals surface area contributed by atoms with E-state index in [2.05, 4.69) is 26.2 Å². The number of carbonyl (C=O) groups is 1. The van der Waals surface area contributed by atoms with Crippen LogP contribution in [-0.2, 0) is 0 Å². The van der Waals surface area contributed by atoms with Crippen molar-refractivity contribution < 1.29 is 4.79 Å². The molecule has 4 nitrogen and oxygen atoms in total. The van der Waals surface area contributed by atoms with Crippen LogP contribution in [0, 0.1) is 0 Å². The third-order valence-electron chi connectivity index (χ3n) is 2.55. The van der Waals surface area contributed by atoms with Gasteiger partial charge in [-0.05, 0) is 34.1 Å². The summed E-state index contributed by atoms with van der Waals surface area (Å²) in [6.07, 6.45) is 1.92. The van der Waals surface area contributed by atoms with E-state index in [0.717, 1.165) is 19.8 Å². The minimum Gasteiger partial charge on any atom is -0.355 e. The number of halogens is 1. The van der Waals surface area contributed by atoms with Gasteiger partial charge in [-0.2, -0.15) is 0 Å². The van der Waals surface area contributed by atoms with Crippen LogP contribution in [0.2, 0.25) is 0 Å². The van der Waals surface area contributed by atoms with E-state index in [0.29, 0.717) is 5.56 Å². The normalized spacial score (nSPS) is 11.2. The highest BCUT2D eigenvalue weighted by molar-refractivity contribution is 9.10. The van der Waals surface area contributed by atoms with Crippen LogP contribution in [0.25, 0.3) is 15.2 Å². The van der Waals surface area contributed by atoms with Crippen LogP contribution in [-0.4, -0.2) is 22.3 Å². The van der Waals surface area contributed by atoms with E-state index in [4.69, 9.17) is 0 Å². The Hall–Kier alpha value is -1.40. The van der Waals surface area contributed by atoms with Crippen molar-refractivity contribution in [3.05, 3.63) is 34.6 Å². The molecule has 6 heteroatoms. The molecule has 0 radical (unpaired) electrons. The van der Waals surface area contributed by atoms with Gasteiger partial charge in [-0.1, -0.05) is 11.3 Å². The Kier molecular flexibility index (Phi) is 2.41. The van der Waals surface area contributed by atoms with E-state index < -0.39 is 0 Å². The Morgan fingerprint density at radius 1 is 1.53 bits per heavy atom. The molecule has 0 aliphatic heterocycles. The highest BCUT2D eigenvalue weighted by Gasteiger charge is 2.10. The lowest BCUT2D eigenvalue weighted by Crippen LogP contribution is -2.17. The smallest absolute Gasteiger partial charge is 0.251 e. The summed E-state index contributed by atoms with van der Waals surface area (Å²) in [4.78, 5) is 16.8. The maximum atomic E-state index is 11.5. The number of nitrogens with zero attached hydrogens (tertiary/aromatic N) is 2. The highest BCUT2D eigenvalue weighted by Crippen LogP contribution is 2.28. The number of thiazole rings is 1. The maximum Gasteiger partial charge on any atom is 0.251 e. The second kappa shape index (κ2) is 3.82. The average molecular weight is 310 g/mol. The number of amides is 1. The summed E-state index contributed by atoms with van der Waals surface area (Å²) in [5.41, 5.74) is 1.74. The molecule has 0 saturated carbocycles. The second-order valence-corrected chi connectivity index (χ2v) is 5.40. The lowest BCUT2D eigenvalue weighted by molar-refractivity contribution is 0.0963. The van der Waals surface area contributed by atoms with Crippen molar-refractivity contribution in [3.8, 4) is 0 Å². The molecule has 0 atom stereocenters. The van der Waals surface area contributed by atoms with Crippen LogP contribution in [0.15, 0.2) is 29.0 Å². The van der Waals surface area contributed by atoms with Crippen molar-refractivity contribution in [1.82, 2.24) is 14.7 Å². The first kappa shape index (κ1) is 10.7. The van der Waals surface area contributed by atoms with E-state index in [1.54, 1.807) is 18.4 Å². The largest absolute Gasteiger partial charge is 0.355 e. The van der Waals surface area contributed by atoms with E-state index in [9.17, 15) is 4.79 Å². The Labute approximate surface area is 109 Å². The molecule has 3 rings (SSSR count). The Balaban J connectivity index is 2.27. The first-order valence-electron chi connectivity index (χ1n) is 4.98. The molecular formula is C11H8BrN3OS. The summed E-state index contributed by atoms with van der Waals surface area (Å²) >= 11 is 4.92. The first-order valence-corrected chi connectivity index (χ1v) is 6.59. The number of benzene rings is 1. The van der Waals surface area contributed by atoms with Gasteiger partial charge in [-0.25, -0.2) is 4.98 Å². The first-order chi connectivity index (χ1) is 8.19. The molecule has 0 bridgehead atoms. The van der Waals surface area contributed by atoms with Gasteiger partial charge in [0.25, 0.3) is 5.91 Å². The van der Waals surface area contributed by atoms with E-state index >= 15 is 0 Å². The van der Waals surface area contributed by atoms with Crippen molar-refractivity contribution in [1.29, 1.82) is 0 Å². The van der Waals surface area contributed by atoms with Gasteiger partial charge in [0.05, 0.1) is 10.2 Å². The van der Waals surface area contributed by atoms with Crippen LogP contribution in [0.3, 0.4) is 0 Å². The molecule has 0 aliphatic carbocycles. The van der Waals surface area contributed by atoms with Crippen LogP contribution in [0.5, 0.6) is 0 Å². The van der Waals surface area contributed by atoms with Crippen molar-refractivity contribution >= 4 is 48.4 Å². The molecule has 2 aromatic heterocycles. The van der Waals surface area contributed by atoms with Gasteiger partial charge in [0.1, 0.15) is 4.60 Å². The second-order valence-electron chi connectivity index (χ2n) is 3.58. The maximum absolute atomic E-state index is 11.5. The van der Waals surface area contributed by atoms with Gasteiger partial charge in [-0.3, -0.25) is 9.20 Å².